The summed E-state index contributed by atoms with van der Waals surface area (Å²) in [6.07, 6.45) is 5.55. The summed E-state index contributed by atoms with van der Waals surface area (Å²) in [6.45, 7) is 11.2. The number of benzene rings is 4. The van der Waals surface area contributed by atoms with Crippen molar-refractivity contribution in [3.63, 3.8) is 0 Å². The fourth-order valence-electron chi connectivity index (χ4n) is 4.87. The van der Waals surface area contributed by atoms with Crippen LogP contribution in [0.15, 0.2) is 129 Å². The van der Waals surface area contributed by atoms with Crippen LogP contribution in [0.5, 0.6) is 5.75 Å². The van der Waals surface area contributed by atoms with Crippen LogP contribution in [0.2, 0.25) is 0 Å². The first-order valence-electron chi connectivity index (χ1n) is 17.9. The molecule has 0 heterocycles. The predicted octanol–water partition coefficient (Wildman–Crippen LogP) is 7.27. The smallest absolute Gasteiger partial charge is 0.341 e. The summed E-state index contributed by atoms with van der Waals surface area (Å²) in [7, 11) is 0. The Morgan fingerprint density at radius 1 is 0.482 bits per heavy atom. The van der Waals surface area contributed by atoms with Crippen molar-refractivity contribution in [2.45, 2.75) is 32.3 Å². The largest absolute Gasteiger partial charge is 0.488 e. The lowest BCUT2D eigenvalue weighted by Crippen LogP contribution is -2.10. The third-order valence-electron chi connectivity index (χ3n) is 7.94. The topological polar surface area (TPSA) is 114 Å². The van der Waals surface area contributed by atoms with E-state index in [1.807, 2.05) is 72.8 Å². The Balaban J connectivity index is 1.39. The molecule has 0 spiro atoms. The van der Waals surface area contributed by atoms with Crippen molar-refractivity contribution in [3.05, 3.63) is 173 Å². The molecule has 9 heteroatoms. The maximum atomic E-state index is 13.3. The van der Waals surface area contributed by atoms with Gasteiger partial charge in [-0.3, -0.25) is 0 Å². The molecule has 0 aliphatic carbocycles. The van der Waals surface area contributed by atoms with Gasteiger partial charge in [0.25, 0.3) is 0 Å². The maximum absolute atomic E-state index is 13.3. The molecule has 0 aliphatic heterocycles. The summed E-state index contributed by atoms with van der Waals surface area (Å²) in [5.74, 6) is 10.9. The van der Waals surface area contributed by atoms with Gasteiger partial charge in [-0.25, -0.2) is 19.2 Å². The van der Waals surface area contributed by atoms with Crippen LogP contribution in [0.3, 0.4) is 0 Å². The summed E-state index contributed by atoms with van der Waals surface area (Å²) in [5, 5.41) is 0. The Labute approximate surface area is 327 Å². The van der Waals surface area contributed by atoms with E-state index in [4.69, 9.17) is 23.7 Å². The Bertz CT molecular complexity index is 2120. The third-order valence-corrected chi connectivity index (χ3v) is 7.94. The molecule has 0 radical (unpaired) electrons. The summed E-state index contributed by atoms with van der Waals surface area (Å²) in [4.78, 5) is 47.0. The number of carbonyl (C=O) groups is 4. The second kappa shape index (κ2) is 22.9. The Morgan fingerprint density at radius 2 is 0.875 bits per heavy atom. The zero-order chi connectivity index (χ0) is 40.0. The number of esters is 4. The van der Waals surface area contributed by atoms with Gasteiger partial charge < -0.3 is 23.7 Å². The van der Waals surface area contributed by atoms with Crippen LogP contribution < -0.4 is 4.74 Å². The normalized spacial score (nSPS) is 9.93. The van der Waals surface area contributed by atoms with E-state index in [0.29, 0.717) is 37.0 Å². The SMILES string of the molecule is C=CC(=O)OCCCCOC(=O)c1cc(C#Cc2ccc(CCOC(=O)C=C)cc2)ccc1OCc1ccc(C#Cc2ccc(CCOC(=O)C=C)cc2)cc1. The maximum Gasteiger partial charge on any atom is 0.341 e. The summed E-state index contributed by atoms with van der Waals surface area (Å²) >= 11 is 0. The molecule has 0 fully saturated rings. The average Bonchev–Trinajstić information content (AvgIpc) is 3.23. The lowest BCUT2D eigenvalue weighted by atomic mass is 10.1. The number of unbranched alkanes of at least 4 members (excludes halogenated alkanes) is 1. The number of ether oxygens (including phenoxy) is 5. The Kier molecular flexibility index (Phi) is 17.0. The number of rotatable bonds is 18. The van der Waals surface area contributed by atoms with E-state index in [-0.39, 0.29) is 38.6 Å². The Hall–Kier alpha value is -7.10. The second-order valence-electron chi connectivity index (χ2n) is 12.0. The first kappa shape index (κ1) is 41.7. The van der Waals surface area contributed by atoms with Gasteiger partial charge in [-0.2, -0.15) is 0 Å². The molecule has 0 aliphatic rings. The van der Waals surface area contributed by atoms with Gasteiger partial charge in [-0.15, -0.1) is 0 Å². The lowest BCUT2D eigenvalue weighted by Gasteiger charge is -2.12. The van der Waals surface area contributed by atoms with E-state index in [1.165, 1.54) is 0 Å². The number of hydrogen-bond acceptors (Lipinski definition) is 9. The van der Waals surface area contributed by atoms with Crippen molar-refractivity contribution in [3.8, 4) is 29.4 Å². The molecule has 9 nitrogen and oxygen atoms in total. The van der Waals surface area contributed by atoms with Crippen LogP contribution in [0.4, 0.5) is 0 Å². The molecule has 0 amide bonds. The van der Waals surface area contributed by atoms with Crippen molar-refractivity contribution in [2.75, 3.05) is 26.4 Å². The van der Waals surface area contributed by atoms with Crippen molar-refractivity contribution in [1.82, 2.24) is 0 Å². The molecular weight excluding hydrogens is 709 g/mol. The zero-order valence-corrected chi connectivity index (χ0v) is 31.1. The monoisotopic (exact) mass is 750 g/mol. The summed E-state index contributed by atoms with van der Waals surface area (Å²) in [5.41, 5.74) is 6.16. The fraction of sp³-hybridized carbons (Fsp3) is 0.191. The van der Waals surface area contributed by atoms with Crippen molar-refractivity contribution >= 4 is 23.9 Å². The highest BCUT2D eigenvalue weighted by atomic mass is 16.5. The van der Waals surface area contributed by atoms with Gasteiger partial charge >= 0.3 is 23.9 Å². The standard InChI is InChI=1S/C47H42O9/c1-4-44(48)52-29-7-8-30-55-47(51)42-33-40(22-19-36-13-17-39(18-14-36)28-32-54-46(50)6-3)25-26-43(42)56-34-41-23-20-37(21-24-41)10-9-35-11-15-38(16-12-35)27-31-53-45(49)5-2/h4-6,11-18,20-21,23-26,33H,1-3,7-8,27-32,34H2. The molecule has 4 aromatic carbocycles. The highest BCUT2D eigenvalue weighted by Gasteiger charge is 2.16. The molecule has 0 saturated heterocycles. The van der Waals surface area contributed by atoms with Crippen molar-refractivity contribution in [2.24, 2.45) is 0 Å². The number of carbonyl (C=O) groups excluding carboxylic acids is 4. The lowest BCUT2D eigenvalue weighted by molar-refractivity contribution is -0.138. The second-order valence-corrected chi connectivity index (χ2v) is 12.0. The predicted molar refractivity (Wildman–Crippen MR) is 212 cm³/mol. The van der Waals surface area contributed by atoms with Crippen molar-refractivity contribution < 1.29 is 42.9 Å². The Morgan fingerprint density at radius 3 is 1.34 bits per heavy atom. The molecule has 4 rings (SSSR count). The van der Waals surface area contributed by atoms with E-state index in [1.54, 1.807) is 18.2 Å². The molecular formula is C47H42O9. The van der Waals surface area contributed by atoms with E-state index in [2.05, 4.69) is 43.4 Å². The molecule has 56 heavy (non-hydrogen) atoms. The fourth-order valence-corrected chi connectivity index (χ4v) is 4.87. The molecule has 4 aromatic rings. The number of hydrogen-bond donors (Lipinski definition) is 0. The van der Waals surface area contributed by atoms with Gasteiger partial charge in [0.15, 0.2) is 0 Å². The quantitative estimate of drug-likeness (QED) is 0.0341. The minimum absolute atomic E-state index is 0.124. The summed E-state index contributed by atoms with van der Waals surface area (Å²) in [6, 6.07) is 28.1. The van der Waals surface area contributed by atoms with E-state index >= 15 is 0 Å². The first-order chi connectivity index (χ1) is 27.3. The molecule has 0 unspecified atom stereocenters. The highest BCUT2D eigenvalue weighted by molar-refractivity contribution is 5.93. The molecule has 284 valence electrons. The highest BCUT2D eigenvalue weighted by Crippen LogP contribution is 2.23. The first-order valence-corrected chi connectivity index (χ1v) is 17.9. The van der Waals surface area contributed by atoms with Crippen LogP contribution in [0.1, 0.15) is 62.1 Å². The van der Waals surface area contributed by atoms with Gasteiger partial charge in [0.05, 0.1) is 26.4 Å². The minimum Gasteiger partial charge on any atom is -0.488 e. The van der Waals surface area contributed by atoms with E-state index in [0.717, 1.165) is 51.6 Å². The average molecular weight is 751 g/mol. The molecule has 0 N–H and O–H groups in total. The van der Waals surface area contributed by atoms with Crippen LogP contribution in [-0.2, 0) is 52.8 Å². The van der Waals surface area contributed by atoms with Crippen LogP contribution >= 0.6 is 0 Å². The van der Waals surface area contributed by atoms with Crippen LogP contribution in [-0.4, -0.2) is 50.3 Å². The van der Waals surface area contributed by atoms with Crippen LogP contribution in [0.25, 0.3) is 0 Å². The van der Waals surface area contributed by atoms with E-state index in [9.17, 15) is 19.2 Å². The van der Waals surface area contributed by atoms with Gasteiger partial charge in [0.2, 0.25) is 0 Å². The van der Waals surface area contributed by atoms with Crippen LogP contribution in [0, 0.1) is 23.7 Å². The molecule has 0 aromatic heterocycles. The van der Waals surface area contributed by atoms with Crippen molar-refractivity contribution in [1.29, 1.82) is 0 Å². The van der Waals surface area contributed by atoms with E-state index < -0.39 is 23.9 Å². The molecule has 0 saturated carbocycles. The zero-order valence-electron chi connectivity index (χ0n) is 31.1. The van der Waals surface area contributed by atoms with Gasteiger partial charge in [-0.1, -0.05) is 79.8 Å². The van der Waals surface area contributed by atoms with Gasteiger partial charge in [0, 0.05) is 53.3 Å². The molecule has 0 atom stereocenters. The van der Waals surface area contributed by atoms with Gasteiger partial charge in [0.1, 0.15) is 17.9 Å². The minimum atomic E-state index is -0.567. The molecule has 0 bridgehead atoms. The van der Waals surface area contributed by atoms with Gasteiger partial charge in [-0.05, 0) is 84.1 Å². The summed E-state index contributed by atoms with van der Waals surface area (Å²) < 4.78 is 26.7. The third kappa shape index (κ3) is 14.7.